The van der Waals surface area contributed by atoms with E-state index in [1.165, 1.54) is 6.33 Å². The molecule has 20 heavy (non-hydrogen) atoms. The summed E-state index contributed by atoms with van der Waals surface area (Å²) in [5, 5.41) is 0. The van der Waals surface area contributed by atoms with Crippen LogP contribution in [0.2, 0.25) is 0 Å². The first kappa shape index (κ1) is 13.6. The smallest absolute Gasteiger partial charge is 0.137 e. The highest BCUT2D eigenvalue weighted by atomic mass is 79.9. The van der Waals surface area contributed by atoms with E-state index in [9.17, 15) is 4.39 Å². The molecule has 0 spiro atoms. The maximum atomic E-state index is 13.7. The van der Waals surface area contributed by atoms with Crippen molar-refractivity contribution in [2.75, 3.05) is 6.54 Å². The maximum Gasteiger partial charge on any atom is 0.137 e. The second kappa shape index (κ2) is 5.97. The van der Waals surface area contributed by atoms with Gasteiger partial charge in [-0.25, -0.2) is 14.4 Å². The molecule has 1 aliphatic rings. The molecule has 1 saturated heterocycles. The van der Waals surface area contributed by atoms with Crippen LogP contribution < -0.4 is 0 Å². The van der Waals surface area contributed by atoms with Gasteiger partial charge in [-0.2, -0.15) is 0 Å². The lowest BCUT2D eigenvalue weighted by Gasteiger charge is -2.24. The molecule has 1 fully saturated rings. The standard InChI is InChI=1S/C15H15BrFN3/c16-13-4-3-12(6-14(13)17)15-2-1-5-20(15)9-11-7-18-10-19-8-11/h3-4,6-8,10,15H,1-2,5,9H2/t15-/m1/s1. The van der Waals surface area contributed by atoms with Crippen molar-refractivity contribution in [2.24, 2.45) is 0 Å². The lowest BCUT2D eigenvalue weighted by atomic mass is 10.0. The van der Waals surface area contributed by atoms with E-state index in [1.807, 2.05) is 18.5 Å². The van der Waals surface area contributed by atoms with Crippen molar-refractivity contribution in [3.8, 4) is 0 Å². The molecule has 0 saturated carbocycles. The van der Waals surface area contributed by atoms with Gasteiger partial charge < -0.3 is 0 Å². The number of likely N-dealkylation sites (tertiary alicyclic amines) is 1. The van der Waals surface area contributed by atoms with E-state index in [4.69, 9.17) is 0 Å². The molecule has 3 rings (SSSR count). The summed E-state index contributed by atoms with van der Waals surface area (Å²) in [7, 11) is 0. The van der Waals surface area contributed by atoms with E-state index in [2.05, 4.69) is 30.8 Å². The predicted molar refractivity (Wildman–Crippen MR) is 78.5 cm³/mol. The molecular weight excluding hydrogens is 321 g/mol. The number of aromatic nitrogens is 2. The zero-order valence-electron chi connectivity index (χ0n) is 11.0. The normalized spacial score (nSPS) is 19.4. The third-order valence-corrected chi connectivity index (χ3v) is 4.33. The molecule has 1 atom stereocenters. The average molecular weight is 336 g/mol. The fraction of sp³-hybridized carbons (Fsp3) is 0.333. The number of benzene rings is 1. The summed E-state index contributed by atoms with van der Waals surface area (Å²) in [6.45, 7) is 1.83. The van der Waals surface area contributed by atoms with Crippen LogP contribution in [0.5, 0.6) is 0 Å². The largest absolute Gasteiger partial charge is 0.292 e. The van der Waals surface area contributed by atoms with Crippen molar-refractivity contribution >= 4 is 15.9 Å². The lowest BCUT2D eigenvalue weighted by Crippen LogP contribution is -2.23. The molecule has 5 heteroatoms. The summed E-state index contributed by atoms with van der Waals surface area (Å²) < 4.78 is 14.2. The highest BCUT2D eigenvalue weighted by Gasteiger charge is 2.26. The van der Waals surface area contributed by atoms with E-state index in [1.54, 1.807) is 12.1 Å². The average Bonchev–Trinajstić information content (AvgIpc) is 2.91. The van der Waals surface area contributed by atoms with E-state index in [0.29, 0.717) is 4.47 Å². The Morgan fingerprint density at radius 2 is 2.10 bits per heavy atom. The van der Waals surface area contributed by atoms with Gasteiger partial charge in [-0.15, -0.1) is 0 Å². The molecule has 3 nitrogen and oxygen atoms in total. The van der Waals surface area contributed by atoms with Crippen LogP contribution >= 0.6 is 15.9 Å². The third-order valence-electron chi connectivity index (χ3n) is 3.69. The number of nitrogens with zero attached hydrogens (tertiary/aromatic N) is 3. The van der Waals surface area contributed by atoms with Crippen LogP contribution in [0.1, 0.15) is 30.0 Å². The summed E-state index contributed by atoms with van der Waals surface area (Å²) in [5.41, 5.74) is 2.14. The van der Waals surface area contributed by atoms with E-state index < -0.39 is 0 Å². The topological polar surface area (TPSA) is 29.0 Å². The molecule has 0 N–H and O–H groups in total. The van der Waals surface area contributed by atoms with Crippen molar-refractivity contribution in [2.45, 2.75) is 25.4 Å². The molecule has 0 bridgehead atoms. The first-order valence-corrected chi connectivity index (χ1v) is 7.46. The molecular formula is C15H15BrFN3. The number of hydrogen-bond donors (Lipinski definition) is 0. The molecule has 0 unspecified atom stereocenters. The fourth-order valence-electron chi connectivity index (χ4n) is 2.76. The zero-order chi connectivity index (χ0) is 13.9. The van der Waals surface area contributed by atoms with Crippen LogP contribution in [-0.2, 0) is 6.54 Å². The molecule has 0 radical (unpaired) electrons. The Labute approximate surface area is 126 Å². The van der Waals surface area contributed by atoms with Gasteiger partial charge in [0.2, 0.25) is 0 Å². The van der Waals surface area contributed by atoms with Crippen molar-refractivity contribution in [3.63, 3.8) is 0 Å². The van der Waals surface area contributed by atoms with Crippen molar-refractivity contribution < 1.29 is 4.39 Å². The Morgan fingerprint density at radius 3 is 2.85 bits per heavy atom. The Bertz CT molecular complexity index is 591. The molecule has 104 valence electrons. The fourth-order valence-corrected chi connectivity index (χ4v) is 3.01. The minimum Gasteiger partial charge on any atom is -0.292 e. The van der Waals surface area contributed by atoms with Crippen molar-refractivity contribution in [1.82, 2.24) is 14.9 Å². The van der Waals surface area contributed by atoms with Gasteiger partial charge in [0.25, 0.3) is 0 Å². The monoisotopic (exact) mass is 335 g/mol. The van der Waals surface area contributed by atoms with E-state index in [0.717, 1.165) is 37.1 Å². The van der Waals surface area contributed by atoms with Crippen molar-refractivity contribution in [1.29, 1.82) is 0 Å². The molecule has 1 aromatic carbocycles. The molecule has 0 aliphatic carbocycles. The van der Waals surface area contributed by atoms with Gasteiger partial charge in [0.15, 0.2) is 0 Å². The van der Waals surface area contributed by atoms with Crippen LogP contribution in [0.4, 0.5) is 4.39 Å². The Kier molecular flexibility index (Phi) is 4.08. The van der Waals surface area contributed by atoms with Gasteiger partial charge in [-0.1, -0.05) is 6.07 Å². The molecule has 1 aromatic heterocycles. The minimum atomic E-state index is -0.197. The van der Waals surface area contributed by atoms with Crippen molar-refractivity contribution in [3.05, 3.63) is 58.3 Å². The molecule has 2 aromatic rings. The highest BCUT2D eigenvalue weighted by molar-refractivity contribution is 9.10. The predicted octanol–water partition coefficient (Wildman–Crippen LogP) is 3.72. The Balaban J connectivity index is 1.80. The summed E-state index contributed by atoms with van der Waals surface area (Å²) >= 11 is 3.20. The van der Waals surface area contributed by atoms with Gasteiger partial charge in [-0.05, 0) is 53.0 Å². The molecule has 1 aliphatic heterocycles. The summed E-state index contributed by atoms with van der Waals surface area (Å²) in [4.78, 5) is 10.5. The zero-order valence-corrected chi connectivity index (χ0v) is 12.6. The Morgan fingerprint density at radius 1 is 1.30 bits per heavy atom. The second-order valence-corrected chi connectivity index (χ2v) is 5.90. The quantitative estimate of drug-likeness (QED) is 0.856. The van der Waals surface area contributed by atoms with E-state index in [-0.39, 0.29) is 11.9 Å². The Hall–Kier alpha value is -1.33. The van der Waals surface area contributed by atoms with Gasteiger partial charge in [-0.3, -0.25) is 4.90 Å². The lowest BCUT2D eigenvalue weighted by molar-refractivity contribution is 0.247. The minimum absolute atomic E-state index is 0.197. The van der Waals surface area contributed by atoms with Gasteiger partial charge in [0, 0.05) is 30.5 Å². The highest BCUT2D eigenvalue weighted by Crippen LogP contribution is 2.34. The van der Waals surface area contributed by atoms with Gasteiger partial charge in [0.1, 0.15) is 12.1 Å². The summed E-state index contributed by atoms with van der Waals surface area (Å²) in [5.74, 6) is -0.197. The van der Waals surface area contributed by atoms with Crippen LogP contribution in [0, 0.1) is 5.82 Å². The second-order valence-electron chi connectivity index (χ2n) is 5.05. The van der Waals surface area contributed by atoms with E-state index >= 15 is 0 Å². The summed E-state index contributed by atoms with van der Waals surface area (Å²) in [6, 6.07) is 5.69. The molecule has 0 amide bonds. The first-order chi connectivity index (χ1) is 9.74. The van der Waals surface area contributed by atoms with Gasteiger partial charge >= 0.3 is 0 Å². The van der Waals surface area contributed by atoms with Gasteiger partial charge in [0.05, 0.1) is 4.47 Å². The summed E-state index contributed by atoms with van der Waals surface area (Å²) in [6.07, 6.45) is 7.41. The van der Waals surface area contributed by atoms with Crippen LogP contribution in [0.3, 0.4) is 0 Å². The molecule has 2 heterocycles. The van der Waals surface area contributed by atoms with Crippen LogP contribution in [-0.4, -0.2) is 21.4 Å². The maximum absolute atomic E-state index is 13.7. The SMILES string of the molecule is Fc1cc([C@H]2CCCN2Cc2cncnc2)ccc1Br. The number of rotatable bonds is 3. The van der Waals surface area contributed by atoms with Crippen LogP contribution in [0.25, 0.3) is 0 Å². The third kappa shape index (κ3) is 2.88. The van der Waals surface area contributed by atoms with Crippen LogP contribution in [0.15, 0.2) is 41.4 Å². The number of halogens is 2. The first-order valence-electron chi connectivity index (χ1n) is 6.67. The number of hydrogen-bond acceptors (Lipinski definition) is 3.